The van der Waals surface area contributed by atoms with Crippen LogP contribution in [0.3, 0.4) is 0 Å². The maximum absolute atomic E-state index is 13.0. The third kappa shape index (κ3) is 5.00. The number of ketones is 1. The highest BCUT2D eigenvalue weighted by Gasteiger charge is 2.46. The van der Waals surface area contributed by atoms with Crippen molar-refractivity contribution in [1.29, 1.82) is 0 Å². The molecule has 4 rings (SSSR count). The predicted octanol–water partition coefficient (Wildman–Crippen LogP) is 1.87. The molecule has 1 atom stereocenters. The number of aromatic hydroxyl groups is 1. The van der Waals surface area contributed by atoms with Crippen molar-refractivity contribution >= 4 is 27.5 Å². The Morgan fingerprint density at radius 2 is 1.81 bits per heavy atom. The zero-order valence-corrected chi connectivity index (χ0v) is 20.6. The number of phenols is 1. The summed E-state index contributed by atoms with van der Waals surface area (Å²) in [5, 5.41) is 21.2. The van der Waals surface area contributed by atoms with Gasteiger partial charge in [0.2, 0.25) is 10.0 Å². The summed E-state index contributed by atoms with van der Waals surface area (Å²) in [5.74, 6) is -2.10. The van der Waals surface area contributed by atoms with Crippen molar-refractivity contribution in [3.63, 3.8) is 0 Å². The Morgan fingerprint density at radius 3 is 2.44 bits per heavy atom. The number of hydrogen-bond acceptors (Lipinski definition) is 8. The van der Waals surface area contributed by atoms with Gasteiger partial charge in [0.1, 0.15) is 11.5 Å². The second-order valence-electron chi connectivity index (χ2n) is 8.47. The van der Waals surface area contributed by atoms with Crippen molar-refractivity contribution in [1.82, 2.24) is 9.21 Å². The van der Waals surface area contributed by atoms with Gasteiger partial charge in [0.15, 0.2) is 0 Å². The molecule has 2 heterocycles. The Kier molecular flexibility index (Phi) is 7.74. The van der Waals surface area contributed by atoms with E-state index in [0.717, 1.165) is 0 Å². The van der Waals surface area contributed by atoms with Crippen LogP contribution in [0.4, 0.5) is 0 Å². The lowest BCUT2D eigenvalue weighted by atomic mass is 9.95. The number of aliphatic hydroxyl groups excluding tert-OH is 1. The number of nitrogens with zero attached hydrogens (tertiary/aromatic N) is 2. The Bertz CT molecular complexity index is 1270. The predicted molar refractivity (Wildman–Crippen MR) is 130 cm³/mol. The highest BCUT2D eigenvalue weighted by atomic mass is 32.2. The molecule has 2 aliphatic rings. The third-order valence-electron chi connectivity index (χ3n) is 6.21. The Balaban J connectivity index is 1.72. The molecule has 192 valence electrons. The van der Waals surface area contributed by atoms with Crippen molar-refractivity contribution in [2.24, 2.45) is 0 Å². The maximum Gasteiger partial charge on any atom is 0.295 e. The van der Waals surface area contributed by atoms with Crippen LogP contribution in [0, 0.1) is 0 Å². The SMILES string of the molecule is COCCCN1C(=O)C(=O)/C(=C(/O)c2ccc(S(=O)(=O)N3CCOCC3)cc2)[C@H]1c1cccc(O)c1. The van der Waals surface area contributed by atoms with Gasteiger partial charge >= 0.3 is 0 Å². The molecular weight excluding hydrogens is 488 g/mol. The van der Waals surface area contributed by atoms with Crippen LogP contribution in [-0.2, 0) is 29.1 Å². The Labute approximate surface area is 209 Å². The van der Waals surface area contributed by atoms with Crippen molar-refractivity contribution < 1.29 is 37.7 Å². The van der Waals surface area contributed by atoms with E-state index in [-0.39, 0.29) is 41.4 Å². The van der Waals surface area contributed by atoms with Gasteiger partial charge in [-0.3, -0.25) is 9.59 Å². The molecule has 10 nitrogen and oxygen atoms in total. The van der Waals surface area contributed by atoms with Crippen LogP contribution in [0.2, 0.25) is 0 Å². The Morgan fingerprint density at radius 1 is 1.11 bits per heavy atom. The highest BCUT2D eigenvalue weighted by molar-refractivity contribution is 7.89. The number of rotatable bonds is 8. The van der Waals surface area contributed by atoms with Gasteiger partial charge in [-0.1, -0.05) is 12.1 Å². The number of methoxy groups -OCH3 is 1. The Hall–Kier alpha value is -3.25. The smallest absolute Gasteiger partial charge is 0.295 e. The number of aliphatic hydroxyl groups is 1. The molecule has 0 radical (unpaired) electrons. The largest absolute Gasteiger partial charge is 0.508 e. The van der Waals surface area contributed by atoms with Crippen LogP contribution in [-0.4, -0.2) is 86.1 Å². The summed E-state index contributed by atoms with van der Waals surface area (Å²) >= 11 is 0. The normalized spacial score (nSPS) is 20.7. The summed E-state index contributed by atoms with van der Waals surface area (Å²) in [6, 6.07) is 10.7. The number of sulfonamides is 1. The van der Waals surface area contributed by atoms with Gasteiger partial charge < -0.3 is 24.6 Å². The standard InChI is InChI=1S/C25H28N2O8S/c1-34-13-3-10-27-22(18-4-2-5-19(28)16-18)21(24(30)25(27)31)23(29)17-6-8-20(9-7-17)36(32,33)26-11-14-35-15-12-26/h2,4-9,16,22,28-29H,3,10-15H2,1H3/b23-21+/t22-/m1/s1. The van der Waals surface area contributed by atoms with E-state index in [4.69, 9.17) is 9.47 Å². The van der Waals surface area contributed by atoms with E-state index in [1.165, 1.54) is 52.7 Å². The molecule has 11 heteroatoms. The van der Waals surface area contributed by atoms with E-state index in [2.05, 4.69) is 0 Å². The van der Waals surface area contributed by atoms with Crippen molar-refractivity contribution in [2.75, 3.05) is 46.6 Å². The first kappa shape index (κ1) is 25.8. The molecule has 36 heavy (non-hydrogen) atoms. The van der Waals surface area contributed by atoms with Gasteiger partial charge in [0.05, 0.1) is 29.7 Å². The number of Topliss-reactive ketones (excluding diaryl/α,β-unsaturated/α-hetero) is 1. The molecule has 2 aromatic carbocycles. The maximum atomic E-state index is 13.0. The average molecular weight is 517 g/mol. The fourth-order valence-corrected chi connectivity index (χ4v) is 5.82. The van der Waals surface area contributed by atoms with Gasteiger partial charge in [0, 0.05) is 38.9 Å². The van der Waals surface area contributed by atoms with Crippen LogP contribution < -0.4 is 0 Å². The molecule has 0 aromatic heterocycles. The number of ether oxygens (including phenoxy) is 2. The van der Waals surface area contributed by atoms with Gasteiger partial charge in [-0.05, 0) is 48.4 Å². The minimum absolute atomic E-state index is 0.0468. The topological polar surface area (TPSA) is 134 Å². The van der Waals surface area contributed by atoms with Crippen LogP contribution in [0.1, 0.15) is 23.6 Å². The fourth-order valence-electron chi connectivity index (χ4n) is 4.41. The average Bonchev–Trinajstić information content (AvgIpc) is 3.14. The van der Waals surface area contributed by atoms with E-state index < -0.39 is 33.5 Å². The van der Waals surface area contributed by atoms with Crippen LogP contribution in [0.15, 0.2) is 59.0 Å². The molecule has 2 aromatic rings. The molecule has 2 aliphatic heterocycles. The molecular formula is C25H28N2O8S. The first-order valence-electron chi connectivity index (χ1n) is 11.5. The molecule has 0 saturated carbocycles. The number of phenolic OH excluding ortho intramolecular Hbond substituents is 1. The van der Waals surface area contributed by atoms with E-state index in [1.807, 2.05) is 0 Å². The molecule has 0 spiro atoms. The quantitative estimate of drug-likeness (QED) is 0.235. The molecule has 1 amide bonds. The van der Waals surface area contributed by atoms with Crippen molar-refractivity contribution in [2.45, 2.75) is 17.4 Å². The summed E-state index contributed by atoms with van der Waals surface area (Å²) < 4.78 is 37.4. The van der Waals surface area contributed by atoms with E-state index in [1.54, 1.807) is 12.1 Å². The second-order valence-corrected chi connectivity index (χ2v) is 10.4. The first-order valence-corrected chi connectivity index (χ1v) is 12.9. The fraction of sp³-hybridized carbons (Fsp3) is 0.360. The second kappa shape index (κ2) is 10.8. The lowest BCUT2D eigenvalue weighted by Crippen LogP contribution is -2.40. The number of benzene rings is 2. The summed E-state index contributed by atoms with van der Waals surface area (Å²) in [6.07, 6.45) is 0.465. The minimum Gasteiger partial charge on any atom is -0.508 e. The number of morpholine rings is 1. The van der Waals surface area contributed by atoms with E-state index in [9.17, 15) is 28.2 Å². The number of carbonyl (C=O) groups excluding carboxylic acids is 2. The molecule has 0 bridgehead atoms. The van der Waals surface area contributed by atoms with E-state index >= 15 is 0 Å². The van der Waals surface area contributed by atoms with E-state index in [0.29, 0.717) is 31.8 Å². The van der Waals surface area contributed by atoms with Crippen molar-refractivity contribution in [3.05, 3.63) is 65.2 Å². The minimum atomic E-state index is -3.74. The van der Waals surface area contributed by atoms with Gasteiger partial charge in [-0.15, -0.1) is 0 Å². The lowest BCUT2D eigenvalue weighted by Gasteiger charge is -2.26. The summed E-state index contributed by atoms with van der Waals surface area (Å²) in [4.78, 5) is 27.3. The van der Waals surface area contributed by atoms with Gasteiger partial charge in [0.25, 0.3) is 11.7 Å². The highest BCUT2D eigenvalue weighted by Crippen LogP contribution is 2.40. The summed E-state index contributed by atoms with van der Waals surface area (Å²) in [6.45, 7) is 1.71. The molecule has 0 unspecified atom stereocenters. The number of carbonyl (C=O) groups is 2. The van der Waals surface area contributed by atoms with Crippen LogP contribution in [0.25, 0.3) is 5.76 Å². The van der Waals surface area contributed by atoms with Crippen LogP contribution in [0.5, 0.6) is 5.75 Å². The zero-order chi connectivity index (χ0) is 25.9. The zero-order valence-electron chi connectivity index (χ0n) is 19.8. The van der Waals surface area contributed by atoms with Crippen molar-refractivity contribution in [3.8, 4) is 5.75 Å². The van der Waals surface area contributed by atoms with Crippen LogP contribution >= 0.6 is 0 Å². The lowest BCUT2D eigenvalue weighted by molar-refractivity contribution is -0.140. The number of hydrogen-bond donors (Lipinski definition) is 2. The van der Waals surface area contributed by atoms with Gasteiger partial charge in [-0.2, -0.15) is 4.31 Å². The first-order chi connectivity index (χ1) is 17.3. The molecule has 2 saturated heterocycles. The molecule has 2 N–H and O–H groups in total. The third-order valence-corrected chi connectivity index (χ3v) is 8.12. The molecule has 2 fully saturated rings. The molecule has 0 aliphatic carbocycles. The number of amides is 1. The summed E-state index contributed by atoms with van der Waals surface area (Å²) in [7, 11) is -2.20. The van der Waals surface area contributed by atoms with Gasteiger partial charge in [-0.25, -0.2) is 8.42 Å². The summed E-state index contributed by atoms with van der Waals surface area (Å²) in [5.41, 5.74) is 0.516. The monoisotopic (exact) mass is 516 g/mol. The number of likely N-dealkylation sites (tertiary alicyclic amines) is 1.